The zero-order chi connectivity index (χ0) is 15.8. The maximum absolute atomic E-state index is 5.90. The standard InChI is InChI=1S/C17H26ClN3O/c1-19-17(21(2)12-15-9-11-22-13-15)20-10-3-4-14-5-7-16(18)8-6-14/h5-8,15H,3-4,9-13H2,1-2H3,(H,19,20). The molecule has 0 aromatic heterocycles. The lowest BCUT2D eigenvalue weighted by Crippen LogP contribution is -2.41. The van der Waals surface area contributed by atoms with E-state index in [4.69, 9.17) is 16.3 Å². The van der Waals surface area contributed by atoms with Gasteiger partial charge in [0, 0.05) is 44.7 Å². The number of rotatable bonds is 6. The van der Waals surface area contributed by atoms with Crippen molar-refractivity contribution in [1.82, 2.24) is 10.2 Å². The fourth-order valence-electron chi connectivity index (χ4n) is 2.73. The molecule has 1 aromatic rings. The summed E-state index contributed by atoms with van der Waals surface area (Å²) in [5.74, 6) is 1.58. The number of halogens is 1. The van der Waals surface area contributed by atoms with Gasteiger partial charge in [0.1, 0.15) is 0 Å². The topological polar surface area (TPSA) is 36.9 Å². The predicted molar refractivity (Wildman–Crippen MR) is 92.7 cm³/mol. The first-order valence-corrected chi connectivity index (χ1v) is 8.31. The summed E-state index contributed by atoms with van der Waals surface area (Å²) in [5, 5.41) is 4.23. The van der Waals surface area contributed by atoms with Crippen LogP contribution in [0.5, 0.6) is 0 Å². The molecule has 1 fully saturated rings. The van der Waals surface area contributed by atoms with Crippen LogP contribution in [-0.4, -0.2) is 51.3 Å². The van der Waals surface area contributed by atoms with Crippen LogP contribution in [0.15, 0.2) is 29.3 Å². The van der Waals surface area contributed by atoms with Gasteiger partial charge in [0.15, 0.2) is 5.96 Å². The first kappa shape index (κ1) is 17.1. The van der Waals surface area contributed by atoms with Crippen molar-refractivity contribution < 1.29 is 4.74 Å². The molecule has 2 rings (SSSR count). The molecule has 0 saturated carbocycles. The smallest absolute Gasteiger partial charge is 0.193 e. The normalized spacial score (nSPS) is 18.5. The lowest BCUT2D eigenvalue weighted by atomic mass is 10.1. The second-order valence-electron chi connectivity index (χ2n) is 5.81. The highest BCUT2D eigenvalue weighted by Crippen LogP contribution is 2.13. The first-order valence-electron chi connectivity index (χ1n) is 7.93. The van der Waals surface area contributed by atoms with E-state index in [-0.39, 0.29) is 0 Å². The van der Waals surface area contributed by atoms with Gasteiger partial charge < -0.3 is 15.0 Å². The van der Waals surface area contributed by atoms with Gasteiger partial charge in [-0.1, -0.05) is 23.7 Å². The third-order valence-electron chi connectivity index (χ3n) is 3.97. The summed E-state index contributed by atoms with van der Waals surface area (Å²) in [5.41, 5.74) is 1.32. The van der Waals surface area contributed by atoms with Crippen molar-refractivity contribution in [2.45, 2.75) is 19.3 Å². The van der Waals surface area contributed by atoms with E-state index >= 15 is 0 Å². The summed E-state index contributed by atoms with van der Waals surface area (Å²) in [6, 6.07) is 8.06. The lowest BCUT2D eigenvalue weighted by molar-refractivity contribution is 0.181. The molecule has 5 heteroatoms. The third-order valence-corrected chi connectivity index (χ3v) is 4.22. The van der Waals surface area contributed by atoms with Crippen LogP contribution >= 0.6 is 11.6 Å². The number of hydrogen-bond donors (Lipinski definition) is 1. The lowest BCUT2D eigenvalue weighted by Gasteiger charge is -2.24. The van der Waals surface area contributed by atoms with Gasteiger partial charge in [0.2, 0.25) is 0 Å². The Balaban J connectivity index is 1.68. The highest BCUT2D eigenvalue weighted by molar-refractivity contribution is 6.30. The molecule has 0 amide bonds. The number of nitrogens with zero attached hydrogens (tertiary/aromatic N) is 2. The molecule has 1 unspecified atom stereocenters. The van der Waals surface area contributed by atoms with E-state index in [9.17, 15) is 0 Å². The Morgan fingerprint density at radius 1 is 1.41 bits per heavy atom. The Bertz CT molecular complexity index is 469. The van der Waals surface area contributed by atoms with Gasteiger partial charge in [-0.15, -0.1) is 0 Å². The van der Waals surface area contributed by atoms with Gasteiger partial charge in [0.25, 0.3) is 0 Å². The molecule has 0 spiro atoms. The van der Waals surface area contributed by atoms with E-state index in [1.54, 1.807) is 0 Å². The van der Waals surface area contributed by atoms with Crippen molar-refractivity contribution in [1.29, 1.82) is 0 Å². The van der Waals surface area contributed by atoms with Gasteiger partial charge >= 0.3 is 0 Å². The Kier molecular flexibility index (Phi) is 7.00. The number of ether oxygens (including phenoxy) is 1. The number of guanidine groups is 1. The molecule has 1 heterocycles. The quantitative estimate of drug-likeness (QED) is 0.497. The highest BCUT2D eigenvalue weighted by Gasteiger charge is 2.18. The van der Waals surface area contributed by atoms with Crippen LogP contribution in [-0.2, 0) is 11.2 Å². The molecular formula is C17H26ClN3O. The van der Waals surface area contributed by atoms with E-state index in [1.165, 1.54) is 5.56 Å². The predicted octanol–water partition coefficient (Wildman–Crippen LogP) is 2.82. The van der Waals surface area contributed by atoms with Crippen LogP contribution in [0.2, 0.25) is 5.02 Å². The molecule has 0 bridgehead atoms. The second-order valence-corrected chi connectivity index (χ2v) is 6.25. The Labute approximate surface area is 138 Å². The maximum atomic E-state index is 5.90. The second kappa shape index (κ2) is 9.01. The molecule has 0 radical (unpaired) electrons. The number of hydrogen-bond acceptors (Lipinski definition) is 2. The SMILES string of the molecule is CN=C(NCCCc1ccc(Cl)cc1)N(C)CC1CCOC1. The maximum Gasteiger partial charge on any atom is 0.193 e. The summed E-state index contributed by atoms with van der Waals surface area (Å²) in [6.07, 6.45) is 3.26. The van der Waals surface area contributed by atoms with Crippen molar-refractivity contribution in [3.63, 3.8) is 0 Å². The van der Waals surface area contributed by atoms with Crippen LogP contribution in [0, 0.1) is 5.92 Å². The van der Waals surface area contributed by atoms with Crippen molar-refractivity contribution in [2.75, 3.05) is 40.4 Å². The van der Waals surface area contributed by atoms with Crippen molar-refractivity contribution in [2.24, 2.45) is 10.9 Å². The summed E-state index contributed by atoms with van der Waals surface area (Å²) in [4.78, 5) is 6.56. The van der Waals surface area contributed by atoms with Crippen molar-refractivity contribution in [3.8, 4) is 0 Å². The fraction of sp³-hybridized carbons (Fsp3) is 0.588. The van der Waals surface area contributed by atoms with E-state index in [0.717, 1.165) is 56.5 Å². The average molecular weight is 324 g/mol. The average Bonchev–Trinajstić information content (AvgIpc) is 3.02. The van der Waals surface area contributed by atoms with E-state index < -0.39 is 0 Å². The molecule has 0 aliphatic carbocycles. The molecular weight excluding hydrogens is 298 g/mol. The molecule has 1 aliphatic rings. The zero-order valence-electron chi connectivity index (χ0n) is 13.5. The summed E-state index contributed by atoms with van der Waals surface area (Å²) in [6.45, 7) is 3.68. The Hall–Kier alpha value is -1.26. The third kappa shape index (κ3) is 5.50. The van der Waals surface area contributed by atoms with Crippen LogP contribution in [0.1, 0.15) is 18.4 Å². The van der Waals surface area contributed by atoms with Gasteiger partial charge in [0.05, 0.1) is 6.61 Å². The van der Waals surface area contributed by atoms with Gasteiger partial charge in [-0.05, 0) is 37.0 Å². The molecule has 1 N–H and O–H groups in total. The molecule has 4 nitrogen and oxygen atoms in total. The minimum atomic E-state index is 0.623. The van der Waals surface area contributed by atoms with Crippen molar-refractivity contribution in [3.05, 3.63) is 34.9 Å². The van der Waals surface area contributed by atoms with Crippen LogP contribution in [0.25, 0.3) is 0 Å². The highest BCUT2D eigenvalue weighted by atomic mass is 35.5. The molecule has 122 valence electrons. The summed E-state index contributed by atoms with van der Waals surface area (Å²) >= 11 is 5.90. The number of nitrogens with one attached hydrogen (secondary N) is 1. The molecule has 22 heavy (non-hydrogen) atoms. The minimum Gasteiger partial charge on any atom is -0.381 e. The minimum absolute atomic E-state index is 0.623. The monoisotopic (exact) mass is 323 g/mol. The van der Waals surface area contributed by atoms with Crippen LogP contribution in [0.4, 0.5) is 0 Å². The van der Waals surface area contributed by atoms with E-state index in [2.05, 4.69) is 34.4 Å². The largest absolute Gasteiger partial charge is 0.381 e. The first-order chi connectivity index (χ1) is 10.7. The number of aliphatic imine (C=N–C) groups is 1. The van der Waals surface area contributed by atoms with Gasteiger partial charge in [-0.3, -0.25) is 4.99 Å². The molecule has 1 saturated heterocycles. The van der Waals surface area contributed by atoms with Crippen molar-refractivity contribution >= 4 is 17.6 Å². The van der Waals surface area contributed by atoms with Gasteiger partial charge in [-0.2, -0.15) is 0 Å². The molecule has 1 aromatic carbocycles. The van der Waals surface area contributed by atoms with Crippen LogP contribution < -0.4 is 5.32 Å². The molecule has 1 aliphatic heterocycles. The summed E-state index contributed by atoms with van der Waals surface area (Å²) in [7, 11) is 3.93. The fourth-order valence-corrected chi connectivity index (χ4v) is 2.86. The van der Waals surface area contributed by atoms with Crippen LogP contribution in [0.3, 0.4) is 0 Å². The zero-order valence-corrected chi connectivity index (χ0v) is 14.3. The summed E-state index contributed by atoms with van der Waals surface area (Å²) < 4.78 is 5.43. The number of benzene rings is 1. The van der Waals surface area contributed by atoms with Gasteiger partial charge in [-0.25, -0.2) is 0 Å². The molecule has 1 atom stereocenters. The van der Waals surface area contributed by atoms with E-state index in [0.29, 0.717) is 5.92 Å². The van der Waals surface area contributed by atoms with E-state index in [1.807, 2.05) is 19.2 Å². The number of aryl methyl sites for hydroxylation is 1. The Morgan fingerprint density at radius 2 is 2.18 bits per heavy atom. The Morgan fingerprint density at radius 3 is 2.82 bits per heavy atom.